The molecular formula is C21H32N4O4S. The van der Waals surface area contributed by atoms with Crippen LogP contribution in [-0.4, -0.2) is 87.2 Å². The number of carbonyl (C=O) groups is 2. The van der Waals surface area contributed by atoms with Gasteiger partial charge in [-0.05, 0) is 63.5 Å². The molecule has 0 aliphatic carbocycles. The van der Waals surface area contributed by atoms with Gasteiger partial charge in [-0.25, -0.2) is 8.42 Å². The van der Waals surface area contributed by atoms with Gasteiger partial charge in [0.2, 0.25) is 15.9 Å². The monoisotopic (exact) mass is 436 g/mol. The number of nitrogens with one attached hydrogen (secondary N) is 1. The summed E-state index contributed by atoms with van der Waals surface area (Å²) >= 11 is 0. The lowest BCUT2D eigenvalue weighted by Gasteiger charge is -2.33. The fourth-order valence-corrected chi connectivity index (χ4v) is 5.50. The summed E-state index contributed by atoms with van der Waals surface area (Å²) in [7, 11) is -1.57. The molecule has 2 fully saturated rings. The fraction of sp³-hybridized carbons (Fsp3) is 0.619. The molecule has 2 heterocycles. The summed E-state index contributed by atoms with van der Waals surface area (Å²) in [6, 6.07) is 6.20. The maximum atomic E-state index is 13.0. The van der Waals surface area contributed by atoms with Gasteiger partial charge in [0.15, 0.2) is 0 Å². The van der Waals surface area contributed by atoms with Crippen molar-refractivity contribution in [2.45, 2.75) is 31.1 Å². The normalized spacial score (nSPS) is 19.6. The molecule has 30 heavy (non-hydrogen) atoms. The first-order valence-corrected chi connectivity index (χ1v) is 12.0. The van der Waals surface area contributed by atoms with Gasteiger partial charge in [0.25, 0.3) is 5.91 Å². The van der Waals surface area contributed by atoms with E-state index in [1.54, 1.807) is 17.0 Å². The Labute approximate surface area is 179 Å². The van der Waals surface area contributed by atoms with Gasteiger partial charge in [-0.15, -0.1) is 0 Å². The van der Waals surface area contributed by atoms with Crippen LogP contribution in [-0.2, 0) is 14.8 Å². The van der Waals surface area contributed by atoms with Crippen LogP contribution in [0.4, 0.5) is 0 Å². The summed E-state index contributed by atoms with van der Waals surface area (Å²) in [5.74, 6) is 0.328. The molecule has 0 saturated carbocycles. The Morgan fingerprint density at radius 1 is 1.07 bits per heavy atom. The number of sulfonamides is 1. The summed E-state index contributed by atoms with van der Waals surface area (Å²) in [5.41, 5.74) is 0.349. The molecule has 9 heteroatoms. The zero-order valence-electron chi connectivity index (χ0n) is 17.8. The van der Waals surface area contributed by atoms with E-state index < -0.39 is 10.0 Å². The van der Waals surface area contributed by atoms with E-state index in [2.05, 4.69) is 17.3 Å². The summed E-state index contributed by atoms with van der Waals surface area (Å²) in [4.78, 5) is 28.1. The maximum absolute atomic E-state index is 13.0. The van der Waals surface area contributed by atoms with E-state index in [1.165, 1.54) is 23.4 Å². The summed E-state index contributed by atoms with van der Waals surface area (Å²) in [6.07, 6.45) is 3.24. The lowest BCUT2D eigenvalue weighted by Crippen LogP contribution is -2.49. The molecule has 2 aliphatic rings. The van der Waals surface area contributed by atoms with Crippen LogP contribution in [0, 0.1) is 5.92 Å². The topological polar surface area (TPSA) is 90.0 Å². The molecule has 0 aromatic heterocycles. The largest absolute Gasteiger partial charge is 0.352 e. The van der Waals surface area contributed by atoms with E-state index in [9.17, 15) is 18.0 Å². The number of rotatable bonds is 6. The van der Waals surface area contributed by atoms with Crippen molar-refractivity contribution in [3.8, 4) is 0 Å². The Bertz CT molecular complexity index is 858. The van der Waals surface area contributed by atoms with Gasteiger partial charge in [0, 0.05) is 45.2 Å². The second kappa shape index (κ2) is 9.89. The van der Waals surface area contributed by atoms with E-state index in [0.717, 1.165) is 32.4 Å². The van der Waals surface area contributed by atoms with Crippen LogP contribution in [0.2, 0.25) is 0 Å². The minimum Gasteiger partial charge on any atom is -0.352 e. The van der Waals surface area contributed by atoms with Crippen molar-refractivity contribution in [1.82, 2.24) is 19.4 Å². The molecule has 1 N–H and O–H groups in total. The highest BCUT2D eigenvalue weighted by Crippen LogP contribution is 2.20. The lowest BCUT2D eigenvalue weighted by atomic mass is 9.94. The van der Waals surface area contributed by atoms with Crippen LogP contribution in [0.1, 0.15) is 36.5 Å². The Balaban J connectivity index is 1.57. The number of benzene rings is 1. The standard InChI is InChI=1S/C21H32N4O4S/c1-17(26)24-12-14-25(15-13-24)30(28,29)20-5-3-4-19(16-20)21(27)22-9-6-18-7-10-23(2)11-8-18/h3-5,16,18H,6-15H2,1-2H3,(H,22,27). The molecule has 1 aromatic carbocycles. The molecule has 0 bridgehead atoms. The van der Waals surface area contributed by atoms with Gasteiger partial charge >= 0.3 is 0 Å². The number of carbonyl (C=O) groups excluding carboxylic acids is 2. The third-order valence-electron chi connectivity index (χ3n) is 6.09. The highest BCUT2D eigenvalue weighted by atomic mass is 32.2. The van der Waals surface area contributed by atoms with E-state index >= 15 is 0 Å². The molecule has 0 radical (unpaired) electrons. The van der Waals surface area contributed by atoms with Gasteiger partial charge in [-0.1, -0.05) is 6.07 Å². The quantitative estimate of drug-likeness (QED) is 0.719. The van der Waals surface area contributed by atoms with Crippen molar-refractivity contribution in [2.75, 3.05) is 52.9 Å². The predicted molar refractivity (Wildman–Crippen MR) is 115 cm³/mol. The van der Waals surface area contributed by atoms with Crippen LogP contribution in [0.25, 0.3) is 0 Å². The van der Waals surface area contributed by atoms with Gasteiger partial charge < -0.3 is 15.1 Å². The van der Waals surface area contributed by atoms with Crippen LogP contribution in [0.5, 0.6) is 0 Å². The first-order valence-electron chi connectivity index (χ1n) is 10.6. The molecule has 8 nitrogen and oxygen atoms in total. The lowest BCUT2D eigenvalue weighted by molar-refractivity contribution is -0.129. The number of nitrogens with zero attached hydrogens (tertiary/aromatic N) is 3. The van der Waals surface area contributed by atoms with Crippen molar-refractivity contribution in [1.29, 1.82) is 0 Å². The van der Waals surface area contributed by atoms with Crippen molar-refractivity contribution in [2.24, 2.45) is 5.92 Å². The van der Waals surface area contributed by atoms with Crippen molar-refractivity contribution >= 4 is 21.8 Å². The minimum absolute atomic E-state index is 0.0500. The Morgan fingerprint density at radius 3 is 2.37 bits per heavy atom. The summed E-state index contributed by atoms with van der Waals surface area (Å²) < 4.78 is 27.3. The van der Waals surface area contributed by atoms with Crippen molar-refractivity contribution in [3.05, 3.63) is 29.8 Å². The van der Waals surface area contributed by atoms with E-state index in [4.69, 9.17) is 0 Å². The maximum Gasteiger partial charge on any atom is 0.251 e. The zero-order valence-corrected chi connectivity index (χ0v) is 18.7. The van der Waals surface area contributed by atoms with E-state index in [-0.39, 0.29) is 29.8 Å². The van der Waals surface area contributed by atoms with Crippen LogP contribution in [0.15, 0.2) is 29.2 Å². The number of piperazine rings is 1. The van der Waals surface area contributed by atoms with E-state index in [1.807, 2.05) is 0 Å². The van der Waals surface area contributed by atoms with Crippen LogP contribution in [0.3, 0.4) is 0 Å². The first kappa shape index (κ1) is 22.7. The smallest absolute Gasteiger partial charge is 0.251 e. The SMILES string of the molecule is CC(=O)N1CCN(S(=O)(=O)c2cccc(C(=O)NCCC3CCN(C)CC3)c2)CC1. The van der Waals surface area contributed by atoms with Crippen molar-refractivity contribution in [3.63, 3.8) is 0 Å². The van der Waals surface area contributed by atoms with Gasteiger partial charge in [-0.3, -0.25) is 9.59 Å². The molecular weight excluding hydrogens is 404 g/mol. The minimum atomic E-state index is -3.70. The highest BCUT2D eigenvalue weighted by Gasteiger charge is 2.29. The molecule has 2 aliphatic heterocycles. The second-order valence-corrected chi connectivity index (χ2v) is 10.2. The van der Waals surface area contributed by atoms with E-state index in [0.29, 0.717) is 31.1 Å². The summed E-state index contributed by atoms with van der Waals surface area (Å²) in [5, 5.41) is 2.93. The average Bonchev–Trinajstić information content (AvgIpc) is 2.75. The Hall–Kier alpha value is -1.97. The third-order valence-corrected chi connectivity index (χ3v) is 7.99. The molecule has 3 rings (SSSR count). The molecule has 166 valence electrons. The third kappa shape index (κ3) is 5.59. The first-order chi connectivity index (χ1) is 14.3. The van der Waals surface area contributed by atoms with Crippen LogP contribution < -0.4 is 5.32 Å². The molecule has 0 spiro atoms. The molecule has 2 saturated heterocycles. The predicted octanol–water partition coefficient (Wildman–Crippen LogP) is 1.00. The number of amides is 2. The molecule has 0 atom stereocenters. The summed E-state index contributed by atoms with van der Waals surface area (Å²) in [6.45, 7) is 5.55. The second-order valence-electron chi connectivity index (χ2n) is 8.23. The fourth-order valence-electron chi connectivity index (χ4n) is 4.03. The molecule has 1 aromatic rings. The van der Waals surface area contributed by atoms with Gasteiger partial charge in [0.05, 0.1) is 4.90 Å². The number of piperidine rings is 1. The van der Waals surface area contributed by atoms with Gasteiger partial charge in [-0.2, -0.15) is 4.31 Å². The average molecular weight is 437 g/mol. The number of hydrogen-bond donors (Lipinski definition) is 1. The molecule has 2 amide bonds. The number of hydrogen-bond acceptors (Lipinski definition) is 5. The highest BCUT2D eigenvalue weighted by molar-refractivity contribution is 7.89. The van der Waals surface area contributed by atoms with Crippen molar-refractivity contribution < 1.29 is 18.0 Å². The zero-order chi connectivity index (χ0) is 21.7. The van der Waals surface area contributed by atoms with Gasteiger partial charge in [0.1, 0.15) is 0 Å². The Kier molecular flexibility index (Phi) is 7.49. The molecule has 0 unspecified atom stereocenters. The van der Waals surface area contributed by atoms with Crippen LogP contribution >= 0.6 is 0 Å². The Morgan fingerprint density at radius 2 is 1.73 bits per heavy atom. The number of likely N-dealkylation sites (tertiary alicyclic amines) is 1.